The molecule has 1 fully saturated rings. The van der Waals surface area contributed by atoms with Gasteiger partial charge in [-0.25, -0.2) is 0 Å². The molecule has 146 valence electrons. The van der Waals surface area contributed by atoms with Crippen molar-refractivity contribution in [2.24, 2.45) is 5.92 Å². The van der Waals surface area contributed by atoms with Gasteiger partial charge in [-0.2, -0.15) is 0 Å². The number of hydrogen-bond donors (Lipinski definition) is 0. The van der Waals surface area contributed by atoms with Gasteiger partial charge in [0.05, 0.1) is 12.0 Å². The van der Waals surface area contributed by atoms with E-state index >= 15 is 0 Å². The van der Waals surface area contributed by atoms with Gasteiger partial charge in [0.25, 0.3) is 5.91 Å². The first-order valence-corrected chi connectivity index (χ1v) is 9.03. The Hall–Kier alpha value is -2.63. The van der Waals surface area contributed by atoms with Gasteiger partial charge in [0.15, 0.2) is 0 Å². The maximum atomic E-state index is 12.5. The molecule has 0 saturated carbocycles. The SMILES string of the molecule is C/C=C1/C(=O)N(CC(=O)OC(C)(C)C)[C@@H]1[C@@H](C)C(=O)OCc1ccccc1. The number of rotatable bonds is 6. The zero-order chi connectivity index (χ0) is 20.2. The van der Waals surface area contributed by atoms with Crippen molar-refractivity contribution >= 4 is 17.8 Å². The summed E-state index contributed by atoms with van der Waals surface area (Å²) in [6, 6.07) is 8.89. The van der Waals surface area contributed by atoms with Crippen LogP contribution in [0.4, 0.5) is 0 Å². The molecule has 1 amide bonds. The minimum Gasteiger partial charge on any atom is -0.461 e. The van der Waals surface area contributed by atoms with Crippen molar-refractivity contribution in [2.75, 3.05) is 6.54 Å². The molecule has 2 rings (SSSR count). The van der Waals surface area contributed by atoms with Crippen LogP contribution in [-0.4, -0.2) is 40.9 Å². The number of likely N-dealkylation sites (tertiary alicyclic amines) is 1. The molecule has 1 heterocycles. The number of allylic oxidation sites excluding steroid dienone is 1. The number of hydrogen-bond acceptors (Lipinski definition) is 5. The van der Waals surface area contributed by atoms with E-state index in [2.05, 4.69) is 0 Å². The average molecular weight is 373 g/mol. The van der Waals surface area contributed by atoms with Crippen molar-refractivity contribution in [3.8, 4) is 0 Å². The van der Waals surface area contributed by atoms with Crippen LogP contribution in [0.15, 0.2) is 42.0 Å². The van der Waals surface area contributed by atoms with Gasteiger partial charge in [-0.1, -0.05) is 36.4 Å². The Morgan fingerprint density at radius 1 is 1.22 bits per heavy atom. The lowest BCUT2D eigenvalue weighted by Gasteiger charge is -2.44. The zero-order valence-electron chi connectivity index (χ0n) is 16.5. The Kier molecular flexibility index (Phi) is 6.41. The molecular formula is C21H27NO5. The Labute approximate surface area is 160 Å². The molecule has 0 spiro atoms. The summed E-state index contributed by atoms with van der Waals surface area (Å²) in [6.07, 6.45) is 1.68. The quantitative estimate of drug-likeness (QED) is 0.436. The van der Waals surface area contributed by atoms with Gasteiger partial charge < -0.3 is 14.4 Å². The van der Waals surface area contributed by atoms with E-state index in [4.69, 9.17) is 9.47 Å². The van der Waals surface area contributed by atoms with E-state index in [0.29, 0.717) is 5.57 Å². The molecule has 1 aliphatic rings. The number of benzene rings is 1. The minimum absolute atomic E-state index is 0.169. The number of carbonyl (C=O) groups excluding carboxylic acids is 3. The Balaban J connectivity index is 2.02. The van der Waals surface area contributed by atoms with E-state index in [9.17, 15) is 14.4 Å². The second-order valence-corrected chi connectivity index (χ2v) is 7.59. The molecule has 6 nitrogen and oxygen atoms in total. The summed E-state index contributed by atoms with van der Waals surface area (Å²) < 4.78 is 10.7. The second-order valence-electron chi connectivity index (χ2n) is 7.59. The molecular weight excluding hydrogens is 346 g/mol. The van der Waals surface area contributed by atoms with Crippen LogP contribution in [-0.2, 0) is 30.5 Å². The normalized spacial score (nSPS) is 19.4. The second kappa shape index (κ2) is 8.37. The highest BCUT2D eigenvalue weighted by molar-refractivity contribution is 6.04. The van der Waals surface area contributed by atoms with Crippen LogP contribution < -0.4 is 0 Å². The number of ether oxygens (including phenoxy) is 2. The Morgan fingerprint density at radius 2 is 1.85 bits per heavy atom. The van der Waals surface area contributed by atoms with Gasteiger partial charge in [0, 0.05) is 5.57 Å². The average Bonchev–Trinajstić information content (AvgIpc) is 2.60. The predicted molar refractivity (Wildman–Crippen MR) is 101 cm³/mol. The third kappa shape index (κ3) is 5.18. The monoisotopic (exact) mass is 373 g/mol. The topological polar surface area (TPSA) is 72.9 Å². The van der Waals surface area contributed by atoms with Crippen LogP contribution >= 0.6 is 0 Å². The first-order chi connectivity index (χ1) is 12.6. The van der Waals surface area contributed by atoms with Gasteiger partial charge in [0.2, 0.25) is 0 Å². The van der Waals surface area contributed by atoms with E-state index in [1.807, 2.05) is 30.3 Å². The minimum atomic E-state index is -0.635. The van der Waals surface area contributed by atoms with Crippen molar-refractivity contribution in [1.82, 2.24) is 4.90 Å². The van der Waals surface area contributed by atoms with E-state index in [-0.39, 0.29) is 19.1 Å². The standard InChI is InChI=1S/C21H27NO5/c1-6-16-18(22(19(16)24)12-17(23)27-21(3,4)5)14(2)20(25)26-13-15-10-8-7-9-11-15/h6-11,14,18H,12-13H2,1-5H3/b16-6+/t14-,18-/m1/s1. The smallest absolute Gasteiger partial charge is 0.326 e. The summed E-state index contributed by atoms with van der Waals surface area (Å²) in [5.74, 6) is -1.75. The molecule has 2 atom stereocenters. The van der Waals surface area contributed by atoms with Gasteiger partial charge in [-0.3, -0.25) is 14.4 Å². The number of amides is 1. The van der Waals surface area contributed by atoms with E-state index in [1.54, 1.807) is 40.7 Å². The molecule has 0 bridgehead atoms. The number of β-lactam (4-membered cyclic amide) rings is 1. The number of carbonyl (C=O) groups is 3. The van der Waals surface area contributed by atoms with Crippen LogP contribution in [0.3, 0.4) is 0 Å². The lowest BCUT2D eigenvalue weighted by Crippen LogP contribution is -2.61. The van der Waals surface area contributed by atoms with Crippen LogP contribution in [0.25, 0.3) is 0 Å². The lowest BCUT2D eigenvalue weighted by atomic mass is 9.84. The molecule has 6 heteroatoms. The van der Waals surface area contributed by atoms with Crippen LogP contribution in [0.5, 0.6) is 0 Å². The van der Waals surface area contributed by atoms with Crippen molar-refractivity contribution < 1.29 is 23.9 Å². The van der Waals surface area contributed by atoms with E-state index < -0.39 is 29.5 Å². The molecule has 1 aromatic carbocycles. The Morgan fingerprint density at radius 3 is 2.41 bits per heavy atom. The molecule has 27 heavy (non-hydrogen) atoms. The summed E-state index contributed by atoms with van der Waals surface area (Å²) in [5, 5.41) is 0. The summed E-state index contributed by atoms with van der Waals surface area (Å²) in [4.78, 5) is 38.3. The maximum absolute atomic E-state index is 12.5. The molecule has 0 radical (unpaired) electrons. The largest absolute Gasteiger partial charge is 0.461 e. The van der Waals surface area contributed by atoms with E-state index in [0.717, 1.165) is 5.56 Å². The first-order valence-electron chi connectivity index (χ1n) is 9.03. The van der Waals surface area contributed by atoms with Crippen LogP contribution in [0.1, 0.15) is 40.2 Å². The highest BCUT2D eigenvalue weighted by Gasteiger charge is 2.48. The van der Waals surface area contributed by atoms with Gasteiger partial charge in [0.1, 0.15) is 18.8 Å². The summed E-state index contributed by atoms with van der Waals surface area (Å²) in [5.41, 5.74) is 0.770. The molecule has 0 aromatic heterocycles. The maximum Gasteiger partial charge on any atom is 0.326 e. The van der Waals surface area contributed by atoms with Crippen molar-refractivity contribution in [1.29, 1.82) is 0 Å². The van der Waals surface area contributed by atoms with Crippen molar-refractivity contribution in [3.05, 3.63) is 47.5 Å². The fourth-order valence-corrected chi connectivity index (χ4v) is 3.03. The molecule has 0 N–H and O–H groups in total. The van der Waals surface area contributed by atoms with E-state index in [1.165, 1.54) is 4.90 Å². The fourth-order valence-electron chi connectivity index (χ4n) is 3.03. The summed E-state index contributed by atoms with van der Waals surface area (Å²) >= 11 is 0. The predicted octanol–water partition coefficient (Wildman–Crippen LogP) is 2.86. The molecule has 0 aliphatic carbocycles. The zero-order valence-corrected chi connectivity index (χ0v) is 16.5. The Bertz CT molecular complexity index is 733. The van der Waals surface area contributed by atoms with Crippen LogP contribution in [0.2, 0.25) is 0 Å². The lowest BCUT2D eigenvalue weighted by molar-refractivity contribution is -0.165. The fraction of sp³-hybridized carbons (Fsp3) is 0.476. The van der Waals surface area contributed by atoms with Crippen molar-refractivity contribution in [3.63, 3.8) is 0 Å². The van der Waals surface area contributed by atoms with Crippen LogP contribution in [0, 0.1) is 5.92 Å². The summed E-state index contributed by atoms with van der Waals surface area (Å²) in [6.45, 7) is 8.73. The third-order valence-corrected chi connectivity index (χ3v) is 4.26. The van der Waals surface area contributed by atoms with Gasteiger partial charge in [-0.15, -0.1) is 0 Å². The number of esters is 2. The highest BCUT2D eigenvalue weighted by Crippen LogP contribution is 2.32. The van der Waals surface area contributed by atoms with Gasteiger partial charge >= 0.3 is 11.9 Å². The molecule has 1 aromatic rings. The first kappa shape index (κ1) is 20.7. The molecule has 1 saturated heterocycles. The van der Waals surface area contributed by atoms with Gasteiger partial charge in [-0.05, 0) is 40.2 Å². The van der Waals surface area contributed by atoms with Crippen molar-refractivity contribution in [2.45, 2.75) is 52.9 Å². The molecule has 0 unspecified atom stereocenters. The summed E-state index contributed by atoms with van der Waals surface area (Å²) in [7, 11) is 0. The highest BCUT2D eigenvalue weighted by atomic mass is 16.6. The third-order valence-electron chi connectivity index (χ3n) is 4.26. The molecule has 1 aliphatic heterocycles. The number of nitrogens with zero attached hydrogens (tertiary/aromatic N) is 1.